The monoisotopic (exact) mass is 419 g/mol. The molecule has 3 fully saturated rings. The summed E-state index contributed by atoms with van der Waals surface area (Å²) < 4.78 is 16.5. The van der Waals surface area contributed by atoms with Crippen molar-refractivity contribution in [3.8, 4) is 0 Å². The summed E-state index contributed by atoms with van der Waals surface area (Å²) in [5.41, 5.74) is -0.665. The van der Waals surface area contributed by atoms with Crippen LogP contribution in [0.4, 0.5) is 4.79 Å². The van der Waals surface area contributed by atoms with Crippen molar-refractivity contribution in [2.75, 3.05) is 19.0 Å². The number of carbonyl (C=O) groups excluding carboxylic acids is 2. The van der Waals surface area contributed by atoms with E-state index < -0.39 is 47.2 Å². The molecule has 0 saturated carbocycles. The zero-order valence-corrected chi connectivity index (χ0v) is 17.0. The van der Waals surface area contributed by atoms with Crippen molar-refractivity contribution >= 4 is 23.8 Å². The van der Waals surface area contributed by atoms with E-state index in [4.69, 9.17) is 14.2 Å². The Kier molecular flexibility index (Phi) is 5.92. The highest BCUT2D eigenvalue weighted by Gasteiger charge is 2.51. The smallest absolute Gasteiger partial charge is 0.411 e. The number of nitrogens with one attached hydrogen (secondary N) is 1. The lowest BCUT2D eigenvalue weighted by Crippen LogP contribution is -2.54. The van der Waals surface area contributed by atoms with Crippen molar-refractivity contribution in [3.05, 3.63) is 10.1 Å². The first-order chi connectivity index (χ1) is 13.1. The van der Waals surface area contributed by atoms with E-state index in [1.807, 2.05) is 6.92 Å². The number of thioether (sulfide) groups is 1. The molecule has 3 rings (SSSR count). The lowest BCUT2D eigenvalue weighted by Gasteiger charge is -2.30. The minimum absolute atomic E-state index is 0.0169. The molecule has 0 aromatic carbocycles. The van der Waals surface area contributed by atoms with Gasteiger partial charge in [0.1, 0.15) is 23.9 Å². The van der Waals surface area contributed by atoms with E-state index in [-0.39, 0.29) is 24.5 Å². The van der Waals surface area contributed by atoms with Gasteiger partial charge in [0.25, 0.3) is 5.09 Å². The van der Waals surface area contributed by atoms with Gasteiger partial charge >= 0.3 is 6.09 Å². The number of hydrogen-bond acceptors (Lipinski definition) is 9. The molecule has 12 heteroatoms. The number of carbonyl (C=O) groups is 2. The van der Waals surface area contributed by atoms with E-state index in [1.54, 1.807) is 20.8 Å². The van der Waals surface area contributed by atoms with Gasteiger partial charge in [0.05, 0.1) is 24.6 Å². The topological polar surface area (TPSA) is 129 Å². The second-order valence-electron chi connectivity index (χ2n) is 7.91. The Morgan fingerprint density at radius 3 is 2.57 bits per heavy atom. The molecule has 1 N–H and O–H groups in total. The van der Waals surface area contributed by atoms with Crippen molar-refractivity contribution < 1.29 is 33.7 Å². The zero-order valence-electron chi connectivity index (χ0n) is 16.2. The average molecular weight is 419 g/mol. The van der Waals surface area contributed by atoms with Crippen LogP contribution in [0.1, 0.15) is 27.7 Å². The van der Waals surface area contributed by atoms with Crippen LogP contribution in [0.2, 0.25) is 0 Å². The lowest BCUT2D eigenvalue weighted by molar-refractivity contribution is -0.769. The maximum absolute atomic E-state index is 12.9. The van der Waals surface area contributed by atoms with E-state index >= 15 is 0 Å². The summed E-state index contributed by atoms with van der Waals surface area (Å²) >= 11 is 1.49. The summed E-state index contributed by atoms with van der Waals surface area (Å²) in [6, 6.07) is -1.15. The Morgan fingerprint density at radius 1 is 1.25 bits per heavy atom. The van der Waals surface area contributed by atoms with Crippen LogP contribution in [-0.2, 0) is 23.8 Å². The molecule has 3 saturated heterocycles. The van der Waals surface area contributed by atoms with Gasteiger partial charge in [-0.3, -0.25) is 9.69 Å². The van der Waals surface area contributed by atoms with Gasteiger partial charge in [-0.1, -0.05) is 0 Å². The molecule has 0 aromatic heterocycles. The number of amides is 2. The first-order valence-electron chi connectivity index (χ1n) is 9.04. The van der Waals surface area contributed by atoms with Crippen LogP contribution in [-0.4, -0.2) is 82.3 Å². The molecule has 28 heavy (non-hydrogen) atoms. The Labute approximate surface area is 166 Å². The molecule has 2 amide bonds. The van der Waals surface area contributed by atoms with Crippen LogP contribution in [0.25, 0.3) is 0 Å². The van der Waals surface area contributed by atoms with Crippen LogP contribution in [0.3, 0.4) is 0 Å². The minimum Gasteiger partial charge on any atom is -0.444 e. The molecule has 158 valence electrons. The molecular formula is C16H25N3O8S. The Bertz CT molecular complexity index is 642. The molecule has 3 heterocycles. The van der Waals surface area contributed by atoms with Gasteiger partial charge < -0.3 is 24.4 Å². The molecule has 0 radical (unpaired) electrons. The highest BCUT2D eigenvalue weighted by Crippen LogP contribution is 2.32. The molecular weight excluding hydrogens is 394 g/mol. The predicted octanol–water partition coefficient (Wildman–Crippen LogP) is 0.544. The number of nitrogens with zero attached hydrogens (tertiary/aromatic N) is 2. The lowest BCUT2D eigenvalue weighted by atomic mass is 10.1. The second-order valence-corrected chi connectivity index (χ2v) is 9.26. The minimum atomic E-state index is -0.873. The summed E-state index contributed by atoms with van der Waals surface area (Å²) in [7, 11) is 0. The molecule has 0 bridgehead atoms. The fraction of sp³-hybridized carbons (Fsp3) is 0.875. The standard InChI is InChI=1S/C16H25N3O8S/c1-8-18(15(21)26-16(2,3)4)10(7-28-8)14(20)17-9-5-24-13-11(27-19(22)23)6-25-12(9)13/h8-13H,5-7H2,1-4H3,(H,17,20)/t8-,9+,10+,11+,12-,13-/m1/s1. The maximum atomic E-state index is 12.9. The third-order valence-electron chi connectivity index (χ3n) is 4.69. The second kappa shape index (κ2) is 7.91. The largest absolute Gasteiger partial charge is 0.444 e. The van der Waals surface area contributed by atoms with Gasteiger partial charge in [0, 0.05) is 5.75 Å². The van der Waals surface area contributed by atoms with Crippen molar-refractivity contribution in [1.82, 2.24) is 10.2 Å². The third kappa shape index (κ3) is 4.44. The fourth-order valence-electron chi connectivity index (χ4n) is 3.50. The average Bonchev–Trinajstić information content (AvgIpc) is 3.23. The molecule has 3 aliphatic rings. The Morgan fingerprint density at radius 2 is 1.93 bits per heavy atom. The van der Waals surface area contributed by atoms with Crippen LogP contribution < -0.4 is 5.32 Å². The van der Waals surface area contributed by atoms with Gasteiger partial charge in [-0.05, 0) is 27.7 Å². The number of ether oxygens (including phenoxy) is 3. The summed E-state index contributed by atoms with van der Waals surface area (Å²) in [4.78, 5) is 42.0. The molecule has 0 spiro atoms. The number of rotatable bonds is 4. The van der Waals surface area contributed by atoms with Crippen molar-refractivity contribution in [3.63, 3.8) is 0 Å². The quantitative estimate of drug-likeness (QED) is 0.513. The molecule has 11 nitrogen and oxygen atoms in total. The Balaban J connectivity index is 1.61. The van der Waals surface area contributed by atoms with Crippen LogP contribution >= 0.6 is 11.8 Å². The fourth-order valence-corrected chi connectivity index (χ4v) is 4.67. The highest BCUT2D eigenvalue weighted by molar-refractivity contribution is 8.00. The van der Waals surface area contributed by atoms with Crippen molar-refractivity contribution in [2.45, 2.75) is 69.1 Å². The van der Waals surface area contributed by atoms with Crippen molar-refractivity contribution in [1.29, 1.82) is 0 Å². The summed E-state index contributed by atoms with van der Waals surface area (Å²) in [6.45, 7) is 7.32. The van der Waals surface area contributed by atoms with E-state index in [9.17, 15) is 19.7 Å². The molecule has 6 atom stereocenters. The first-order valence-corrected chi connectivity index (χ1v) is 10.1. The predicted molar refractivity (Wildman–Crippen MR) is 97.1 cm³/mol. The summed E-state index contributed by atoms with van der Waals surface area (Å²) in [5, 5.41) is 12.3. The molecule has 0 aromatic rings. The molecule has 3 aliphatic heterocycles. The summed E-state index contributed by atoms with van der Waals surface area (Å²) in [5.74, 6) is 0.112. The van der Waals surface area contributed by atoms with Crippen molar-refractivity contribution in [2.24, 2.45) is 0 Å². The maximum Gasteiger partial charge on any atom is 0.411 e. The molecule has 0 unspecified atom stereocenters. The van der Waals surface area contributed by atoms with Crippen LogP contribution in [0.15, 0.2) is 0 Å². The normalized spacial score (nSPS) is 34.8. The number of hydrogen-bond donors (Lipinski definition) is 1. The van der Waals surface area contributed by atoms with Crippen LogP contribution in [0.5, 0.6) is 0 Å². The Hall–Kier alpha value is -1.79. The van der Waals surface area contributed by atoms with E-state index in [1.165, 1.54) is 16.7 Å². The first kappa shape index (κ1) is 20.9. The van der Waals surface area contributed by atoms with E-state index in [2.05, 4.69) is 10.2 Å². The molecule has 0 aliphatic carbocycles. The van der Waals surface area contributed by atoms with Crippen LogP contribution in [0, 0.1) is 10.1 Å². The van der Waals surface area contributed by atoms with Gasteiger partial charge in [0.15, 0.2) is 6.10 Å². The van der Waals surface area contributed by atoms with Gasteiger partial charge in [-0.2, -0.15) is 0 Å². The van der Waals surface area contributed by atoms with Gasteiger partial charge in [-0.15, -0.1) is 21.9 Å². The SMILES string of the molecule is C[C@H]1SC[C@@H](C(=O)N[C@H]2CO[C@H]3[C@@H]2OC[C@@H]3O[N+](=O)[O-])N1C(=O)OC(C)(C)C. The van der Waals surface area contributed by atoms with Gasteiger partial charge in [0.2, 0.25) is 5.91 Å². The number of fused-ring (bicyclic) bond motifs is 1. The van der Waals surface area contributed by atoms with E-state index in [0.717, 1.165) is 0 Å². The van der Waals surface area contributed by atoms with E-state index in [0.29, 0.717) is 5.75 Å². The summed E-state index contributed by atoms with van der Waals surface area (Å²) in [6.07, 6.45) is -2.51. The van der Waals surface area contributed by atoms with Gasteiger partial charge in [-0.25, -0.2) is 4.79 Å². The zero-order chi connectivity index (χ0) is 20.6. The third-order valence-corrected chi connectivity index (χ3v) is 5.90. The highest BCUT2D eigenvalue weighted by atomic mass is 32.2.